The van der Waals surface area contributed by atoms with Crippen molar-refractivity contribution in [2.24, 2.45) is 12.0 Å². The van der Waals surface area contributed by atoms with Crippen LogP contribution in [-0.4, -0.2) is 84.1 Å². The lowest BCUT2D eigenvalue weighted by Crippen LogP contribution is -2.49. The number of aromatic nitrogens is 2. The minimum Gasteiger partial charge on any atom is -0.444 e. The minimum absolute atomic E-state index is 0. The highest BCUT2D eigenvalue weighted by Gasteiger charge is 2.25. The number of morpholine rings is 1. The second-order valence-electron chi connectivity index (χ2n) is 7.63. The maximum atomic E-state index is 12.0. The van der Waals surface area contributed by atoms with E-state index in [0.717, 1.165) is 18.1 Å². The van der Waals surface area contributed by atoms with Crippen LogP contribution < -0.4 is 5.32 Å². The van der Waals surface area contributed by atoms with Gasteiger partial charge in [0.2, 0.25) is 0 Å². The second kappa shape index (κ2) is 10.8. The first-order valence-electron chi connectivity index (χ1n) is 9.19. The standard InChI is InChI=1S/C18H32N6O3.HI/c1-18(2,3)27-17(25)22(5)8-7-20-16(19-4)24-9-10-26-15(13-24)14-11-21-23(6)12-14;/h11-12,15H,7-10,13H2,1-6H3,(H,19,20);1H. The Morgan fingerprint density at radius 2 is 2.21 bits per heavy atom. The van der Waals surface area contributed by atoms with E-state index >= 15 is 0 Å². The third kappa shape index (κ3) is 7.46. The van der Waals surface area contributed by atoms with Crippen LogP contribution in [0, 0.1) is 0 Å². The molecule has 1 aromatic heterocycles. The average Bonchev–Trinajstić information content (AvgIpc) is 3.03. The van der Waals surface area contributed by atoms with Gasteiger partial charge in [-0.25, -0.2) is 4.79 Å². The number of hydrogen-bond donors (Lipinski definition) is 1. The van der Waals surface area contributed by atoms with Gasteiger partial charge in [0, 0.05) is 52.5 Å². The van der Waals surface area contributed by atoms with Crippen LogP contribution in [0.4, 0.5) is 4.79 Å². The predicted molar refractivity (Wildman–Crippen MR) is 119 cm³/mol. The van der Waals surface area contributed by atoms with E-state index in [1.165, 1.54) is 0 Å². The van der Waals surface area contributed by atoms with E-state index in [9.17, 15) is 4.79 Å². The van der Waals surface area contributed by atoms with Crippen LogP contribution in [0.3, 0.4) is 0 Å². The number of likely N-dealkylation sites (N-methyl/N-ethyl adjacent to an activating group) is 1. The predicted octanol–water partition coefficient (Wildman–Crippen LogP) is 1.85. The van der Waals surface area contributed by atoms with Crippen molar-refractivity contribution in [3.05, 3.63) is 18.0 Å². The molecule has 0 aliphatic carbocycles. The maximum Gasteiger partial charge on any atom is 0.410 e. The zero-order chi connectivity index (χ0) is 20.0. The number of hydrogen-bond acceptors (Lipinski definition) is 5. The molecule has 0 radical (unpaired) electrons. The third-order valence-electron chi connectivity index (χ3n) is 4.11. The SMILES string of the molecule is CN=C(NCCN(C)C(=O)OC(C)(C)C)N1CCOC(c2cnn(C)c2)C1.I. The van der Waals surface area contributed by atoms with E-state index in [4.69, 9.17) is 9.47 Å². The van der Waals surface area contributed by atoms with Crippen LogP contribution in [0.5, 0.6) is 0 Å². The first kappa shape index (κ1) is 24.5. The number of aryl methyl sites for hydroxylation is 1. The van der Waals surface area contributed by atoms with Gasteiger partial charge in [-0.3, -0.25) is 9.67 Å². The highest BCUT2D eigenvalue weighted by molar-refractivity contribution is 14.0. The molecule has 0 spiro atoms. The molecule has 1 aliphatic heterocycles. The van der Waals surface area contributed by atoms with E-state index in [-0.39, 0.29) is 36.2 Å². The maximum absolute atomic E-state index is 12.0. The number of nitrogens with zero attached hydrogens (tertiary/aromatic N) is 5. The van der Waals surface area contributed by atoms with Crippen molar-refractivity contribution in [1.82, 2.24) is 24.9 Å². The highest BCUT2D eigenvalue weighted by Crippen LogP contribution is 2.21. The van der Waals surface area contributed by atoms with Gasteiger partial charge in [0.05, 0.1) is 19.3 Å². The van der Waals surface area contributed by atoms with E-state index < -0.39 is 5.60 Å². The molecule has 0 bridgehead atoms. The van der Waals surface area contributed by atoms with Crippen LogP contribution in [-0.2, 0) is 16.5 Å². The Labute approximate surface area is 184 Å². The van der Waals surface area contributed by atoms with Crippen molar-refractivity contribution in [2.45, 2.75) is 32.5 Å². The van der Waals surface area contributed by atoms with Gasteiger partial charge in [0.25, 0.3) is 0 Å². The fourth-order valence-electron chi connectivity index (χ4n) is 2.75. The molecular weight excluding hydrogens is 475 g/mol. The lowest BCUT2D eigenvalue weighted by molar-refractivity contribution is -0.00805. The van der Waals surface area contributed by atoms with Gasteiger partial charge >= 0.3 is 6.09 Å². The summed E-state index contributed by atoms with van der Waals surface area (Å²) in [6, 6.07) is 0. The Morgan fingerprint density at radius 3 is 2.79 bits per heavy atom. The number of aliphatic imine (C=N–C) groups is 1. The van der Waals surface area contributed by atoms with Crippen LogP contribution in [0.1, 0.15) is 32.4 Å². The zero-order valence-corrected chi connectivity index (χ0v) is 20.0. The monoisotopic (exact) mass is 508 g/mol. The van der Waals surface area contributed by atoms with Crippen molar-refractivity contribution < 1.29 is 14.3 Å². The van der Waals surface area contributed by atoms with Gasteiger partial charge in [-0.2, -0.15) is 5.10 Å². The largest absolute Gasteiger partial charge is 0.444 e. The molecule has 2 heterocycles. The average molecular weight is 508 g/mol. The molecule has 1 aliphatic rings. The molecule has 1 atom stereocenters. The summed E-state index contributed by atoms with van der Waals surface area (Å²) in [6.45, 7) is 8.76. The molecular formula is C18H33IN6O3. The molecule has 0 aromatic carbocycles. The fourth-order valence-corrected chi connectivity index (χ4v) is 2.75. The molecule has 1 aromatic rings. The first-order valence-corrected chi connectivity index (χ1v) is 9.19. The number of nitrogens with one attached hydrogen (secondary N) is 1. The summed E-state index contributed by atoms with van der Waals surface area (Å²) < 4.78 is 13.0. The number of carbonyl (C=O) groups excluding carboxylic acids is 1. The van der Waals surface area contributed by atoms with Crippen LogP contribution >= 0.6 is 24.0 Å². The molecule has 1 fully saturated rings. The van der Waals surface area contributed by atoms with E-state index in [0.29, 0.717) is 26.2 Å². The molecule has 1 saturated heterocycles. The quantitative estimate of drug-likeness (QED) is 0.380. The van der Waals surface area contributed by atoms with E-state index in [1.54, 1.807) is 23.7 Å². The minimum atomic E-state index is -0.496. The van der Waals surface area contributed by atoms with Crippen LogP contribution in [0.2, 0.25) is 0 Å². The molecule has 1 N–H and O–H groups in total. The molecule has 2 rings (SSSR count). The van der Waals surface area contributed by atoms with Crippen molar-refractivity contribution in [1.29, 1.82) is 0 Å². The van der Waals surface area contributed by atoms with Gasteiger partial charge in [-0.15, -0.1) is 24.0 Å². The van der Waals surface area contributed by atoms with Crippen molar-refractivity contribution in [3.8, 4) is 0 Å². The van der Waals surface area contributed by atoms with Gasteiger partial charge in [-0.05, 0) is 20.8 Å². The number of guanidine groups is 1. The Hall–Kier alpha value is -1.56. The van der Waals surface area contributed by atoms with Gasteiger partial charge in [0.1, 0.15) is 11.7 Å². The number of halogens is 1. The summed E-state index contributed by atoms with van der Waals surface area (Å²) in [7, 11) is 5.38. The highest BCUT2D eigenvalue weighted by atomic mass is 127. The summed E-state index contributed by atoms with van der Waals surface area (Å²) in [5.41, 5.74) is 0.562. The normalized spacial score (nSPS) is 17.7. The number of ether oxygens (including phenoxy) is 2. The number of rotatable bonds is 4. The number of amides is 1. The molecule has 28 heavy (non-hydrogen) atoms. The van der Waals surface area contributed by atoms with Crippen LogP contribution in [0.15, 0.2) is 17.4 Å². The number of carbonyl (C=O) groups is 1. The summed E-state index contributed by atoms with van der Waals surface area (Å²) in [5, 5.41) is 7.53. The molecule has 10 heteroatoms. The van der Waals surface area contributed by atoms with E-state index in [1.807, 2.05) is 40.2 Å². The van der Waals surface area contributed by atoms with Crippen molar-refractivity contribution >= 4 is 36.0 Å². The van der Waals surface area contributed by atoms with Crippen molar-refractivity contribution in [3.63, 3.8) is 0 Å². The Balaban J connectivity index is 0.00000392. The van der Waals surface area contributed by atoms with Crippen LogP contribution in [0.25, 0.3) is 0 Å². The van der Waals surface area contributed by atoms with Gasteiger partial charge < -0.3 is 24.6 Å². The Bertz CT molecular complexity index is 658. The van der Waals surface area contributed by atoms with Gasteiger partial charge in [0.15, 0.2) is 5.96 Å². The summed E-state index contributed by atoms with van der Waals surface area (Å²) in [4.78, 5) is 20.1. The second-order valence-corrected chi connectivity index (χ2v) is 7.63. The summed E-state index contributed by atoms with van der Waals surface area (Å²) in [6.07, 6.45) is 3.44. The Morgan fingerprint density at radius 1 is 1.50 bits per heavy atom. The molecule has 1 unspecified atom stereocenters. The smallest absolute Gasteiger partial charge is 0.410 e. The third-order valence-corrected chi connectivity index (χ3v) is 4.11. The summed E-state index contributed by atoms with van der Waals surface area (Å²) >= 11 is 0. The Kier molecular flexibility index (Phi) is 9.48. The molecule has 160 valence electrons. The lowest BCUT2D eigenvalue weighted by atomic mass is 10.1. The van der Waals surface area contributed by atoms with Crippen molar-refractivity contribution in [2.75, 3.05) is 46.9 Å². The first-order chi connectivity index (χ1) is 12.7. The lowest BCUT2D eigenvalue weighted by Gasteiger charge is -2.35. The topological polar surface area (TPSA) is 84.2 Å². The molecule has 0 saturated carbocycles. The molecule has 9 nitrogen and oxygen atoms in total. The molecule has 1 amide bonds. The zero-order valence-electron chi connectivity index (χ0n) is 17.6. The summed E-state index contributed by atoms with van der Waals surface area (Å²) in [5.74, 6) is 0.796. The van der Waals surface area contributed by atoms with E-state index in [2.05, 4.69) is 20.3 Å². The fraction of sp³-hybridized carbons (Fsp3) is 0.722. The van der Waals surface area contributed by atoms with Gasteiger partial charge in [-0.1, -0.05) is 0 Å².